The van der Waals surface area contributed by atoms with Crippen molar-refractivity contribution in [2.45, 2.75) is 5.16 Å². The molecule has 0 aliphatic carbocycles. The molecule has 7 nitrogen and oxygen atoms in total. The molecule has 31 heavy (non-hydrogen) atoms. The van der Waals surface area contributed by atoms with Crippen LogP contribution in [-0.2, 0) is 11.8 Å². The number of H-pyrrole nitrogens is 1. The number of hydrazone groups is 1. The summed E-state index contributed by atoms with van der Waals surface area (Å²) in [5.41, 5.74) is 3.95. The third-order valence-corrected chi connectivity index (χ3v) is 5.91. The molecule has 9 heteroatoms. The lowest BCUT2D eigenvalue weighted by Crippen LogP contribution is -2.32. The zero-order valence-electron chi connectivity index (χ0n) is 16.5. The van der Waals surface area contributed by atoms with Crippen molar-refractivity contribution in [2.75, 3.05) is 5.75 Å². The van der Waals surface area contributed by atoms with Crippen molar-refractivity contribution in [2.24, 2.45) is 12.1 Å². The van der Waals surface area contributed by atoms with Crippen molar-refractivity contribution >= 4 is 46.3 Å². The number of phenols is 1. The number of hydrogen-bond donors (Lipinski definition) is 3. The molecule has 0 spiro atoms. The molecule has 4 rings (SSSR count). The third kappa shape index (κ3) is 4.70. The SMILES string of the molecule is C[n+]1c(SCC(=O)N/N=C/c2c(O)ccc3ccccc23)n[nH]c1-c1cccc(Cl)c1. The molecule has 0 atom stereocenters. The van der Waals surface area contributed by atoms with Gasteiger partial charge >= 0.3 is 5.16 Å². The van der Waals surface area contributed by atoms with Gasteiger partial charge in [-0.3, -0.25) is 4.79 Å². The maximum absolute atomic E-state index is 12.2. The van der Waals surface area contributed by atoms with Gasteiger partial charge in [0.25, 0.3) is 11.7 Å². The Kier molecular flexibility index (Phi) is 6.20. The Morgan fingerprint density at radius 1 is 1.26 bits per heavy atom. The molecule has 1 amide bonds. The Bertz CT molecular complexity index is 1290. The minimum atomic E-state index is -0.284. The molecule has 156 valence electrons. The average molecular weight is 453 g/mol. The quantitative estimate of drug-likeness (QED) is 0.180. The molecule has 0 aliphatic heterocycles. The molecule has 3 aromatic carbocycles. The molecule has 1 heterocycles. The van der Waals surface area contributed by atoms with Gasteiger partial charge in [0.15, 0.2) is 0 Å². The number of carbonyl (C=O) groups excluding carboxylic acids is 1. The number of aromatic hydroxyl groups is 1. The van der Waals surface area contributed by atoms with Gasteiger partial charge in [0.2, 0.25) is 0 Å². The van der Waals surface area contributed by atoms with Crippen molar-refractivity contribution in [3.63, 3.8) is 0 Å². The van der Waals surface area contributed by atoms with E-state index in [4.69, 9.17) is 11.6 Å². The van der Waals surface area contributed by atoms with Crippen LogP contribution in [0.25, 0.3) is 22.2 Å². The molecular formula is C22H19ClN5O2S+. The van der Waals surface area contributed by atoms with E-state index in [-0.39, 0.29) is 17.4 Å². The number of thioether (sulfide) groups is 1. The van der Waals surface area contributed by atoms with E-state index in [1.54, 1.807) is 12.1 Å². The number of phenolic OH excluding ortho intramolecular Hbond substituents is 1. The molecule has 0 aliphatic rings. The van der Waals surface area contributed by atoms with Crippen LogP contribution in [0.3, 0.4) is 0 Å². The molecular weight excluding hydrogens is 434 g/mol. The fourth-order valence-electron chi connectivity index (χ4n) is 3.12. The second kappa shape index (κ2) is 9.20. The molecule has 0 fully saturated rings. The monoisotopic (exact) mass is 452 g/mol. The summed E-state index contributed by atoms with van der Waals surface area (Å²) in [6, 6.07) is 18.5. The van der Waals surface area contributed by atoms with Crippen LogP contribution in [0.15, 0.2) is 70.9 Å². The van der Waals surface area contributed by atoms with Crippen LogP contribution in [0.2, 0.25) is 5.02 Å². The van der Waals surface area contributed by atoms with Crippen LogP contribution in [0.1, 0.15) is 5.56 Å². The number of aromatic amines is 1. The summed E-state index contributed by atoms with van der Waals surface area (Å²) >= 11 is 7.34. The van der Waals surface area contributed by atoms with Crippen molar-refractivity contribution in [1.82, 2.24) is 15.6 Å². The summed E-state index contributed by atoms with van der Waals surface area (Å²) < 4.78 is 1.86. The molecule has 1 aromatic heterocycles. The highest BCUT2D eigenvalue weighted by molar-refractivity contribution is 7.99. The highest BCUT2D eigenvalue weighted by atomic mass is 35.5. The van der Waals surface area contributed by atoms with Gasteiger partial charge in [-0.1, -0.05) is 48.0 Å². The van der Waals surface area contributed by atoms with E-state index in [1.165, 1.54) is 18.0 Å². The molecule has 0 unspecified atom stereocenters. The van der Waals surface area contributed by atoms with Gasteiger partial charge in [-0.25, -0.2) is 9.99 Å². The highest BCUT2D eigenvalue weighted by Crippen LogP contribution is 2.25. The number of aromatic nitrogens is 3. The Morgan fingerprint density at radius 2 is 2.10 bits per heavy atom. The highest BCUT2D eigenvalue weighted by Gasteiger charge is 2.20. The van der Waals surface area contributed by atoms with E-state index in [9.17, 15) is 9.90 Å². The number of nitrogens with one attached hydrogen (secondary N) is 2. The summed E-state index contributed by atoms with van der Waals surface area (Å²) in [4.78, 5) is 12.2. The van der Waals surface area contributed by atoms with Crippen molar-refractivity contribution in [1.29, 1.82) is 0 Å². The first kappa shape index (κ1) is 20.9. The first-order chi connectivity index (χ1) is 15.0. The van der Waals surface area contributed by atoms with Gasteiger partial charge < -0.3 is 5.11 Å². The zero-order valence-corrected chi connectivity index (χ0v) is 18.1. The lowest BCUT2D eigenvalue weighted by atomic mass is 10.0. The van der Waals surface area contributed by atoms with Crippen molar-refractivity contribution in [3.8, 4) is 17.1 Å². The predicted octanol–water partition coefficient (Wildman–Crippen LogP) is 3.66. The molecule has 4 aromatic rings. The first-order valence-corrected chi connectivity index (χ1v) is 10.7. The first-order valence-electron chi connectivity index (χ1n) is 9.38. The standard InChI is InChI=1S/C22H18ClN5O2S/c1-28-21(15-6-4-7-16(23)11-15)26-27-22(28)31-13-20(30)25-24-12-18-17-8-3-2-5-14(17)9-10-19(18)29/h2-12H,13H2,1H3,(H2,24,25,29,30)/p+1. The topological polar surface area (TPSA) is 94.2 Å². The van der Waals surface area contributed by atoms with Gasteiger partial charge in [-0.2, -0.15) is 5.10 Å². The van der Waals surface area contributed by atoms with Crippen LogP contribution in [0.4, 0.5) is 0 Å². The van der Waals surface area contributed by atoms with Crippen molar-refractivity contribution in [3.05, 3.63) is 71.2 Å². The summed E-state index contributed by atoms with van der Waals surface area (Å²) in [7, 11) is 1.86. The van der Waals surface area contributed by atoms with Gasteiger partial charge in [-0.15, -0.1) is 5.10 Å². The normalized spacial score (nSPS) is 11.3. The lowest BCUT2D eigenvalue weighted by Gasteiger charge is -2.04. The summed E-state index contributed by atoms with van der Waals surface area (Å²) in [6.45, 7) is 0. The van der Waals surface area contributed by atoms with E-state index >= 15 is 0 Å². The average Bonchev–Trinajstić information content (AvgIpc) is 3.14. The van der Waals surface area contributed by atoms with E-state index in [0.29, 0.717) is 15.7 Å². The Hall–Kier alpha value is -3.36. The van der Waals surface area contributed by atoms with Gasteiger partial charge in [0.1, 0.15) is 5.75 Å². The van der Waals surface area contributed by atoms with E-state index in [1.807, 2.05) is 60.1 Å². The predicted molar refractivity (Wildman–Crippen MR) is 122 cm³/mol. The number of hydrogen-bond acceptors (Lipinski definition) is 5. The minimum Gasteiger partial charge on any atom is -0.507 e. The van der Waals surface area contributed by atoms with Gasteiger partial charge in [0, 0.05) is 10.6 Å². The van der Waals surface area contributed by atoms with Crippen LogP contribution < -0.4 is 9.99 Å². The van der Waals surface area contributed by atoms with E-state index < -0.39 is 0 Å². The summed E-state index contributed by atoms with van der Waals surface area (Å²) in [6.07, 6.45) is 1.45. The Labute approximate surface area is 187 Å². The number of amides is 1. The van der Waals surface area contributed by atoms with Crippen LogP contribution in [-0.4, -0.2) is 33.2 Å². The number of carbonyl (C=O) groups is 1. The molecule has 0 bridgehead atoms. The molecule has 0 saturated carbocycles. The fourth-order valence-corrected chi connectivity index (χ4v) is 4.03. The number of nitrogens with zero attached hydrogens (tertiary/aromatic N) is 3. The van der Waals surface area contributed by atoms with E-state index in [0.717, 1.165) is 22.2 Å². The molecule has 0 saturated heterocycles. The summed E-state index contributed by atoms with van der Waals surface area (Å²) in [5, 5.41) is 24.5. The van der Waals surface area contributed by atoms with E-state index in [2.05, 4.69) is 20.7 Å². The molecule has 0 radical (unpaired) electrons. The van der Waals surface area contributed by atoms with Crippen LogP contribution in [0.5, 0.6) is 5.75 Å². The smallest absolute Gasteiger partial charge is 0.337 e. The maximum Gasteiger partial charge on any atom is 0.337 e. The minimum absolute atomic E-state index is 0.100. The second-order valence-electron chi connectivity index (χ2n) is 6.73. The zero-order chi connectivity index (χ0) is 21.8. The lowest BCUT2D eigenvalue weighted by molar-refractivity contribution is -0.698. The Balaban J connectivity index is 1.39. The molecule has 3 N–H and O–H groups in total. The van der Waals surface area contributed by atoms with Gasteiger partial charge in [0.05, 0.1) is 29.7 Å². The van der Waals surface area contributed by atoms with Crippen LogP contribution >= 0.6 is 23.4 Å². The maximum atomic E-state index is 12.2. The number of halogens is 1. The second-order valence-corrected chi connectivity index (χ2v) is 8.10. The number of benzene rings is 3. The number of fused-ring (bicyclic) bond motifs is 1. The third-order valence-electron chi connectivity index (χ3n) is 4.64. The number of rotatable bonds is 6. The Morgan fingerprint density at radius 3 is 2.94 bits per heavy atom. The fraction of sp³-hybridized carbons (Fsp3) is 0.0909. The van der Waals surface area contributed by atoms with Crippen molar-refractivity contribution < 1.29 is 14.5 Å². The largest absolute Gasteiger partial charge is 0.507 e. The van der Waals surface area contributed by atoms with Crippen LogP contribution in [0, 0.1) is 0 Å². The van der Waals surface area contributed by atoms with Gasteiger partial charge in [-0.05, 0) is 46.8 Å². The summed E-state index contributed by atoms with van der Waals surface area (Å²) in [5.74, 6) is 0.735.